The summed E-state index contributed by atoms with van der Waals surface area (Å²) in [5.74, 6) is 0.739. The highest BCUT2D eigenvalue weighted by Gasteiger charge is 2.08. The van der Waals surface area contributed by atoms with Crippen LogP contribution in [0, 0.1) is 6.92 Å². The van der Waals surface area contributed by atoms with Crippen LogP contribution in [0.4, 0.5) is 5.69 Å². The van der Waals surface area contributed by atoms with Gasteiger partial charge in [-0.1, -0.05) is 24.3 Å². The summed E-state index contributed by atoms with van der Waals surface area (Å²) >= 11 is 0. The molecule has 2 rings (SSSR count). The smallest absolute Gasteiger partial charge is 0.224 e. The number of amides is 1. The van der Waals surface area contributed by atoms with Crippen LogP contribution < -0.4 is 15.8 Å². The summed E-state index contributed by atoms with van der Waals surface area (Å²) in [4.78, 5) is 12.1. The van der Waals surface area contributed by atoms with Gasteiger partial charge in [0, 0.05) is 24.9 Å². The molecule has 1 amide bonds. The Balaban J connectivity index is 0.00000312. The summed E-state index contributed by atoms with van der Waals surface area (Å²) in [6.45, 7) is 3.44. The molecular formula is C19H25ClN2O3. The number of nitrogen functional groups attached to an aromatic ring is 1. The Bertz CT molecular complexity index is 675. The van der Waals surface area contributed by atoms with Gasteiger partial charge in [-0.05, 0) is 36.2 Å². The first-order chi connectivity index (χ1) is 11.6. The summed E-state index contributed by atoms with van der Waals surface area (Å²) in [5, 5.41) is 2.93. The highest BCUT2D eigenvalue weighted by Crippen LogP contribution is 2.20. The number of carbonyl (C=O) groups is 1. The van der Waals surface area contributed by atoms with Crippen molar-refractivity contribution in [3.8, 4) is 5.75 Å². The van der Waals surface area contributed by atoms with Crippen molar-refractivity contribution in [2.24, 2.45) is 0 Å². The van der Waals surface area contributed by atoms with Crippen LogP contribution in [0.1, 0.15) is 16.7 Å². The molecule has 0 bridgehead atoms. The molecule has 0 aromatic heterocycles. The van der Waals surface area contributed by atoms with E-state index < -0.39 is 0 Å². The van der Waals surface area contributed by atoms with E-state index in [4.69, 9.17) is 15.2 Å². The largest absolute Gasteiger partial charge is 0.491 e. The number of nitrogens with one attached hydrogen (secondary N) is 1. The summed E-state index contributed by atoms with van der Waals surface area (Å²) in [5.41, 5.74) is 9.33. The molecule has 0 heterocycles. The van der Waals surface area contributed by atoms with Crippen LogP contribution in [0.2, 0.25) is 0 Å². The van der Waals surface area contributed by atoms with E-state index in [-0.39, 0.29) is 18.3 Å². The van der Waals surface area contributed by atoms with E-state index in [1.54, 1.807) is 19.2 Å². The maximum absolute atomic E-state index is 12.1. The van der Waals surface area contributed by atoms with Gasteiger partial charge in [-0.2, -0.15) is 0 Å². The number of hydrogen-bond acceptors (Lipinski definition) is 4. The SMILES string of the molecule is COCCOc1cc(C)ccc1CNC(=O)Cc1ccc(N)cc1.Cl. The first-order valence-electron chi connectivity index (χ1n) is 7.91. The van der Waals surface area contributed by atoms with Gasteiger partial charge in [-0.25, -0.2) is 0 Å². The number of hydrogen-bond donors (Lipinski definition) is 2. The standard InChI is InChI=1S/C19H24N2O3.ClH/c1-14-3-6-16(18(11-14)24-10-9-23-2)13-21-19(22)12-15-4-7-17(20)8-5-15;/h3-8,11H,9-10,12-13,20H2,1-2H3,(H,21,22);1H. The monoisotopic (exact) mass is 364 g/mol. The van der Waals surface area contributed by atoms with E-state index in [1.807, 2.05) is 37.3 Å². The van der Waals surface area contributed by atoms with Gasteiger partial charge >= 0.3 is 0 Å². The van der Waals surface area contributed by atoms with Crippen LogP contribution in [-0.4, -0.2) is 26.2 Å². The molecule has 25 heavy (non-hydrogen) atoms. The average Bonchev–Trinajstić information content (AvgIpc) is 2.56. The fourth-order valence-electron chi connectivity index (χ4n) is 2.25. The van der Waals surface area contributed by atoms with Crippen molar-refractivity contribution in [1.82, 2.24) is 5.32 Å². The molecule has 5 nitrogen and oxygen atoms in total. The topological polar surface area (TPSA) is 73.6 Å². The zero-order valence-corrected chi connectivity index (χ0v) is 15.4. The molecular weight excluding hydrogens is 340 g/mol. The Kier molecular flexibility index (Phi) is 8.81. The van der Waals surface area contributed by atoms with Crippen molar-refractivity contribution in [3.05, 3.63) is 59.2 Å². The lowest BCUT2D eigenvalue weighted by Crippen LogP contribution is -2.25. The molecule has 0 unspecified atom stereocenters. The minimum Gasteiger partial charge on any atom is -0.491 e. The van der Waals surface area contributed by atoms with E-state index >= 15 is 0 Å². The normalized spacial score (nSPS) is 10.0. The fourth-order valence-corrected chi connectivity index (χ4v) is 2.25. The quantitative estimate of drug-likeness (QED) is 0.558. The van der Waals surface area contributed by atoms with Gasteiger partial charge < -0.3 is 20.5 Å². The molecule has 136 valence electrons. The summed E-state index contributed by atoms with van der Waals surface area (Å²) < 4.78 is 10.7. The minimum atomic E-state index is -0.0387. The van der Waals surface area contributed by atoms with Crippen molar-refractivity contribution in [2.45, 2.75) is 19.9 Å². The van der Waals surface area contributed by atoms with Crippen molar-refractivity contribution in [1.29, 1.82) is 0 Å². The molecule has 3 N–H and O–H groups in total. The predicted molar refractivity (Wildman–Crippen MR) is 102 cm³/mol. The van der Waals surface area contributed by atoms with Crippen molar-refractivity contribution >= 4 is 24.0 Å². The summed E-state index contributed by atoms with van der Waals surface area (Å²) in [6.07, 6.45) is 0.325. The van der Waals surface area contributed by atoms with Gasteiger partial charge in [0.05, 0.1) is 13.0 Å². The van der Waals surface area contributed by atoms with Crippen LogP contribution in [0.5, 0.6) is 5.75 Å². The van der Waals surface area contributed by atoms with Crippen LogP contribution in [0.3, 0.4) is 0 Å². The fraction of sp³-hybridized carbons (Fsp3) is 0.316. The van der Waals surface area contributed by atoms with Crippen molar-refractivity contribution < 1.29 is 14.3 Å². The maximum Gasteiger partial charge on any atom is 0.224 e. The van der Waals surface area contributed by atoms with Crippen LogP contribution in [0.25, 0.3) is 0 Å². The van der Waals surface area contributed by atoms with E-state index in [0.717, 1.165) is 22.4 Å². The molecule has 2 aromatic carbocycles. The third-order valence-electron chi connectivity index (χ3n) is 3.59. The van der Waals surface area contributed by atoms with Gasteiger partial charge in [0.2, 0.25) is 5.91 Å². The maximum atomic E-state index is 12.1. The minimum absolute atomic E-state index is 0. The van der Waals surface area contributed by atoms with E-state index in [1.165, 1.54) is 0 Å². The third-order valence-corrected chi connectivity index (χ3v) is 3.59. The molecule has 0 fully saturated rings. The number of anilines is 1. The Morgan fingerprint density at radius 2 is 1.84 bits per heavy atom. The van der Waals surface area contributed by atoms with E-state index in [2.05, 4.69) is 5.32 Å². The van der Waals surface area contributed by atoms with Crippen LogP contribution in [-0.2, 0) is 22.5 Å². The number of carbonyl (C=O) groups excluding carboxylic acids is 1. The lowest BCUT2D eigenvalue weighted by molar-refractivity contribution is -0.120. The van der Waals surface area contributed by atoms with E-state index in [9.17, 15) is 4.79 Å². The third kappa shape index (κ3) is 7.03. The van der Waals surface area contributed by atoms with Gasteiger partial charge in [-0.3, -0.25) is 4.79 Å². The Morgan fingerprint density at radius 1 is 1.12 bits per heavy atom. The molecule has 2 aromatic rings. The second-order valence-electron chi connectivity index (χ2n) is 5.65. The highest BCUT2D eigenvalue weighted by molar-refractivity contribution is 5.85. The summed E-state index contributed by atoms with van der Waals surface area (Å²) in [7, 11) is 1.64. The lowest BCUT2D eigenvalue weighted by Gasteiger charge is -2.13. The molecule has 0 aliphatic heterocycles. The number of methoxy groups -OCH3 is 1. The second-order valence-corrected chi connectivity index (χ2v) is 5.65. The second kappa shape index (κ2) is 10.6. The van der Waals surface area contributed by atoms with Gasteiger partial charge in [0.15, 0.2) is 0 Å². The predicted octanol–water partition coefficient (Wildman–Crippen LogP) is 2.88. The molecule has 0 spiro atoms. The first-order valence-corrected chi connectivity index (χ1v) is 7.91. The molecule has 0 saturated carbocycles. The number of halogens is 1. The molecule has 0 atom stereocenters. The number of benzene rings is 2. The highest BCUT2D eigenvalue weighted by atomic mass is 35.5. The summed E-state index contributed by atoms with van der Waals surface area (Å²) in [6, 6.07) is 13.3. The van der Waals surface area contributed by atoms with Gasteiger partial charge in [-0.15, -0.1) is 12.4 Å². The average molecular weight is 365 g/mol. The van der Waals surface area contributed by atoms with Crippen LogP contribution >= 0.6 is 12.4 Å². The zero-order chi connectivity index (χ0) is 17.4. The van der Waals surface area contributed by atoms with Crippen LogP contribution in [0.15, 0.2) is 42.5 Å². The van der Waals surface area contributed by atoms with Crippen molar-refractivity contribution in [3.63, 3.8) is 0 Å². The number of ether oxygens (including phenoxy) is 2. The van der Waals surface area contributed by atoms with Gasteiger partial charge in [0.1, 0.15) is 12.4 Å². The molecule has 0 radical (unpaired) electrons. The molecule has 6 heteroatoms. The zero-order valence-electron chi connectivity index (χ0n) is 14.6. The lowest BCUT2D eigenvalue weighted by atomic mass is 10.1. The Morgan fingerprint density at radius 3 is 2.52 bits per heavy atom. The van der Waals surface area contributed by atoms with E-state index in [0.29, 0.717) is 31.9 Å². The number of nitrogens with two attached hydrogens (primary N) is 1. The molecule has 0 aliphatic rings. The first kappa shape index (κ1) is 20.8. The number of rotatable bonds is 8. The molecule has 0 saturated heterocycles. The Labute approximate surface area is 154 Å². The molecule has 0 aliphatic carbocycles. The van der Waals surface area contributed by atoms with Crippen molar-refractivity contribution in [2.75, 3.05) is 26.1 Å². The van der Waals surface area contributed by atoms with Gasteiger partial charge in [0.25, 0.3) is 0 Å². The number of aryl methyl sites for hydroxylation is 1. The Hall–Kier alpha value is -2.24.